The number of nitrogens with zero attached hydrogens (tertiary/aromatic N) is 1. The molecule has 0 radical (unpaired) electrons. The van der Waals surface area contributed by atoms with Gasteiger partial charge in [-0.25, -0.2) is 4.79 Å². The van der Waals surface area contributed by atoms with E-state index in [2.05, 4.69) is 4.98 Å². The smallest absolute Gasteiger partial charge is 0.331 e. The summed E-state index contributed by atoms with van der Waals surface area (Å²) in [7, 11) is 0. The number of ether oxygens (including phenoxy) is 1. The van der Waals surface area contributed by atoms with E-state index < -0.39 is 0 Å². The second-order valence-electron chi connectivity index (χ2n) is 2.47. The summed E-state index contributed by atoms with van der Waals surface area (Å²) in [4.78, 5) is 15.0. The Labute approximate surface area is 87.2 Å². The van der Waals surface area contributed by atoms with Gasteiger partial charge in [0.25, 0.3) is 0 Å². The van der Waals surface area contributed by atoms with Gasteiger partial charge in [-0.2, -0.15) is 0 Å². The first kappa shape index (κ1) is 10.8. The molecule has 1 aromatic rings. The van der Waals surface area contributed by atoms with Crippen LogP contribution in [-0.2, 0) is 16.1 Å². The lowest BCUT2D eigenvalue weighted by molar-refractivity contribution is -0.139. The van der Waals surface area contributed by atoms with Crippen LogP contribution in [0.4, 0.5) is 0 Å². The molecule has 0 N–H and O–H groups in total. The molecule has 3 nitrogen and oxygen atoms in total. The van der Waals surface area contributed by atoms with Crippen molar-refractivity contribution in [2.75, 3.05) is 6.26 Å². The van der Waals surface area contributed by atoms with Gasteiger partial charge in [-0.3, -0.25) is 4.98 Å². The van der Waals surface area contributed by atoms with Crippen molar-refractivity contribution in [3.8, 4) is 0 Å². The van der Waals surface area contributed by atoms with Crippen LogP contribution in [0.2, 0.25) is 0 Å². The number of pyridine rings is 1. The van der Waals surface area contributed by atoms with Crippen molar-refractivity contribution < 1.29 is 9.53 Å². The summed E-state index contributed by atoms with van der Waals surface area (Å²) in [5.41, 5.74) is 0.749. The SMILES string of the molecule is CS/C=C/C(=O)OCc1ccccn1. The zero-order valence-corrected chi connectivity index (χ0v) is 8.66. The summed E-state index contributed by atoms with van der Waals surface area (Å²) in [5, 5.41) is 1.68. The van der Waals surface area contributed by atoms with E-state index in [1.165, 1.54) is 17.8 Å². The molecule has 1 heterocycles. The first-order valence-electron chi connectivity index (χ1n) is 4.09. The van der Waals surface area contributed by atoms with E-state index in [1.54, 1.807) is 11.6 Å². The number of esters is 1. The van der Waals surface area contributed by atoms with Crippen LogP contribution in [0.3, 0.4) is 0 Å². The second-order valence-corrected chi connectivity index (χ2v) is 3.21. The number of rotatable bonds is 4. The minimum Gasteiger partial charge on any atom is -0.456 e. The lowest BCUT2D eigenvalue weighted by Crippen LogP contribution is -2.01. The van der Waals surface area contributed by atoms with Gasteiger partial charge in [-0.1, -0.05) is 6.07 Å². The van der Waals surface area contributed by atoms with Crippen LogP contribution >= 0.6 is 11.8 Å². The molecule has 0 atom stereocenters. The first-order valence-corrected chi connectivity index (χ1v) is 5.37. The fraction of sp³-hybridized carbons (Fsp3) is 0.200. The third kappa shape index (κ3) is 4.09. The summed E-state index contributed by atoms with van der Waals surface area (Å²) < 4.78 is 4.93. The molecule has 0 bridgehead atoms. The molecule has 0 aliphatic heterocycles. The zero-order valence-electron chi connectivity index (χ0n) is 7.84. The van der Waals surface area contributed by atoms with Crippen molar-refractivity contribution in [1.29, 1.82) is 0 Å². The molecule has 1 aromatic heterocycles. The Morgan fingerprint density at radius 1 is 1.64 bits per heavy atom. The van der Waals surface area contributed by atoms with Crippen LogP contribution in [0.15, 0.2) is 35.9 Å². The van der Waals surface area contributed by atoms with Crippen molar-refractivity contribution in [3.63, 3.8) is 0 Å². The number of aromatic nitrogens is 1. The van der Waals surface area contributed by atoms with Crippen molar-refractivity contribution >= 4 is 17.7 Å². The average Bonchev–Trinajstić information content (AvgIpc) is 2.25. The Balaban J connectivity index is 2.34. The molecule has 0 fully saturated rings. The van der Waals surface area contributed by atoms with Crippen molar-refractivity contribution in [2.45, 2.75) is 6.61 Å². The van der Waals surface area contributed by atoms with Crippen LogP contribution < -0.4 is 0 Å². The van der Waals surface area contributed by atoms with Crippen LogP contribution in [0.25, 0.3) is 0 Å². The normalized spacial score (nSPS) is 10.4. The number of thioether (sulfide) groups is 1. The van der Waals surface area contributed by atoms with E-state index in [0.29, 0.717) is 0 Å². The molecule has 0 spiro atoms. The van der Waals surface area contributed by atoms with Crippen molar-refractivity contribution in [1.82, 2.24) is 4.98 Å². The highest BCUT2D eigenvalue weighted by molar-refractivity contribution is 8.01. The minimum atomic E-state index is -0.343. The van der Waals surface area contributed by atoms with Crippen LogP contribution in [0, 0.1) is 0 Å². The van der Waals surface area contributed by atoms with Gasteiger partial charge in [-0.05, 0) is 23.8 Å². The highest BCUT2D eigenvalue weighted by atomic mass is 32.2. The van der Waals surface area contributed by atoms with Gasteiger partial charge in [0.15, 0.2) is 0 Å². The molecule has 0 amide bonds. The molecule has 4 heteroatoms. The molecule has 74 valence electrons. The Bertz CT molecular complexity index is 311. The maximum Gasteiger partial charge on any atom is 0.331 e. The Morgan fingerprint density at radius 3 is 3.14 bits per heavy atom. The minimum absolute atomic E-state index is 0.221. The average molecular weight is 209 g/mol. The third-order valence-electron chi connectivity index (χ3n) is 1.43. The quantitative estimate of drug-likeness (QED) is 0.561. The lowest BCUT2D eigenvalue weighted by atomic mass is 10.4. The summed E-state index contributed by atoms with van der Waals surface area (Å²) >= 11 is 1.45. The van der Waals surface area contributed by atoms with Crippen molar-refractivity contribution in [3.05, 3.63) is 41.6 Å². The maximum absolute atomic E-state index is 11.0. The van der Waals surface area contributed by atoms with E-state index in [1.807, 2.05) is 24.5 Å². The van der Waals surface area contributed by atoms with E-state index >= 15 is 0 Å². The number of carbonyl (C=O) groups is 1. The molecule has 14 heavy (non-hydrogen) atoms. The van der Waals surface area contributed by atoms with Gasteiger partial charge < -0.3 is 4.74 Å². The lowest BCUT2D eigenvalue weighted by Gasteiger charge is -1.99. The Hall–Kier alpha value is -1.29. The zero-order chi connectivity index (χ0) is 10.2. The summed E-state index contributed by atoms with van der Waals surface area (Å²) in [6, 6.07) is 5.48. The molecule has 0 aromatic carbocycles. The van der Waals surface area contributed by atoms with Gasteiger partial charge in [0.1, 0.15) is 6.61 Å². The molecule has 0 aliphatic rings. The van der Waals surface area contributed by atoms with Crippen LogP contribution in [-0.4, -0.2) is 17.2 Å². The summed E-state index contributed by atoms with van der Waals surface area (Å²) in [6.45, 7) is 0.221. The molecular formula is C10H11NO2S. The number of hydrogen-bond donors (Lipinski definition) is 0. The van der Waals surface area contributed by atoms with Crippen LogP contribution in [0.1, 0.15) is 5.69 Å². The summed E-state index contributed by atoms with van der Waals surface area (Å²) in [6.07, 6.45) is 4.94. The largest absolute Gasteiger partial charge is 0.456 e. The monoisotopic (exact) mass is 209 g/mol. The standard InChI is InChI=1S/C10H11NO2S/c1-14-7-5-10(12)13-8-9-4-2-3-6-11-9/h2-7H,8H2,1H3/b7-5+. The summed E-state index contributed by atoms with van der Waals surface area (Å²) in [5.74, 6) is -0.343. The van der Waals surface area contributed by atoms with Gasteiger partial charge >= 0.3 is 5.97 Å². The maximum atomic E-state index is 11.0. The number of carbonyl (C=O) groups excluding carboxylic acids is 1. The van der Waals surface area contributed by atoms with Crippen molar-refractivity contribution in [2.24, 2.45) is 0 Å². The molecule has 0 saturated heterocycles. The van der Waals surface area contributed by atoms with Crippen LogP contribution in [0.5, 0.6) is 0 Å². The van der Waals surface area contributed by atoms with Gasteiger partial charge in [-0.15, -0.1) is 11.8 Å². The van der Waals surface area contributed by atoms with E-state index in [4.69, 9.17) is 4.74 Å². The third-order valence-corrected chi connectivity index (χ3v) is 1.84. The fourth-order valence-corrected chi connectivity index (χ4v) is 1.05. The van der Waals surface area contributed by atoms with Gasteiger partial charge in [0.2, 0.25) is 0 Å². The second kappa shape index (κ2) is 6.21. The highest BCUT2D eigenvalue weighted by Crippen LogP contribution is 1.98. The van der Waals surface area contributed by atoms with E-state index in [0.717, 1.165) is 5.69 Å². The Morgan fingerprint density at radius 2 is 2.50 bits per heavy atom. The molecule has 0 saturated carbocycles. The van der Waals surface area contributed by atoms with Gasteiger partial charge in [0, 0.05) is 12.3 Å². The predicted molar refractivity (Wildman–Crippen MR) is 56.7 cm³/mol. The first-order chi connectivity index (χ1) is 6.83. The molecule has 0 unspecified atom stereocenters. The molecule has 0 aliphatic carbocycles. The Kier molecular flexibility index (Phi) is 4.78. The number of hydrogen-bond acceptors (Lipinski definition) is 4. The van der Waals surface area contributed by atoms with E-state index in [9.17, 15) is 4.79 Å². The predicted octanol–water partition coefficient (Wildman–Crippen LogP) is 2.00. The van der Waals surface area contributed by atoms with E-state index in [-0.39, 0.29) is 12.6 Å². The fourth-order valence-electron chi connectivity index (χ4n) is 0.800. The highest BCUT2D eigenvalue weighted by Gasteiger charge is 1.97. The topological polar surface area (TPSA) is 39.2 Å². The molecular weight excluding hydrogens is 198 g/mol. The van der Waals surface area contributed by atoms with Gasteiger partial charge in [0.05, 0.1) is 5.69 Å². The molecule has 1 rings (SSSR count).